The summed E-state index contributed by atoms with van der Waals surface area (Å²) in [4.78, 5) is 22.8. The third-order valence-electron chi connectivity index (χ3n) is 3.65. The maximum absolute atomic E-state index is 12.1. The molecule has 1 amide bonds. The third kappa shape index (κ3) is 5.18. The monoisotopic (exact) mass is 373 g/mol. The maximum atomic E-state index is 12.1. The lowest BCUT2D eigenvalue weighted by molar-refractivity contribution is -0.385. The van der Waals surface area contributed by atoms with Crippen LogP contribution in [-0.2, 0) is 11.2 Å². The summed E-state index contributed by atoms with van der Waals surface area (Å²) in [6.45, 7) is 0. The van der Waals surface area contributed by atoms with E-state index in [4.69, 9.17) is 14.2 Å². The van der Waals surface area contributed by atoms with E-state index in [2.05, 4.69) is 10.5 Å². The van der Waals surface area contributed by atoms with E-state index in [1.165, 1.54) is 32.6 Å². The van der Waals surface area contributed by atoms with Gasteiger partial charge in [-0.1, -0.05) is 0 Å². The van der Waals surface area contributed by atoms with Gasteiger partial charge in [-0.25, -0.2) is 5.43 Å². The van der Waals surface area contributed by atoms with Crippen molar-refractivity contribution in [3.63, 3.8) is 0 Å². The number of ether oxygens (including phenoxy) is 3. The molecule has 142 valence electrons. The maximum Gasteiger partial charge on any atom is 0.277 e. The van der Waals surface area contributed by atoms with Crippen molar-refractivity contribution < 1.29 is 23.9 Å². The van der Waals surface area contributed by atoms with Gasteiger partial charge >= 0.3 is 0 Å². The van der Waals surface area contributed by atoms with Gasteiger partial charge in [-0.05, 0) is 35.9 Å². The first-order chi connectivity index (χ1) is 13.0. The lowest BCUT2D eigenvalue weighted by atomic mass is 10.1. The van der Waals surface area contributed by atoms with Crippen LogP contribution in [0, 0.1) is 10.1 Å². The zero-order valence-corrected chi connectivity index (χ0v) is 15.1. The molecule has 27 heavy (non-hydrogen) atoms. The second-order valence-electron chi connectivity index (χ2n) is 5.34. The highest BCUT2D eigenvalue weighted by Crippen LogP contribution is 2.34. The molecular weight excluding hydrogens is 354 g/mol. The molecule has 0 aliphatic carbocycles. The van der Waals surface area contributed by atoms with Gasteiger partial charge in [0.2, 0.25) is 5.91 Å². The number of rotatable bonds is 8. The van der Waals surface area contributed by atoms with Gasteiger partial charge in [-0.3, -0.25) is 14.9 Å². The quantitative estimate of drug-likeness (QED) is 0.432. The Hall–Kier alpha value is -3.62. The van der Waals surface area contributed by atoms with E-state index >= 15 is 0 Å². The first-order valence-corrected chi connectivity index (χ1v) is 7.83. The largest absolute Gasteiger partial charge is 0.497 e. The summed E-state index contributed by atoms with van der Waals surface area (Å²) in [6.07, 6.45) is 1.22. The first kappa shape index (κ1) is 19.7. The van der Waals surface area contributed by atoms with E-state index in [-0.39, 0.29) is 23.4 Å². The highest BCUT2D eigenvalue weighted by molar-refractivity contribution is 5.84. The van der Waals surface area contributed by atoms with E-state index in [1.54, 1.807) is 31.4 Å². The van der Waals surface area contributed by atoms with Crippen molar-refractivity contribution in [1.29, 1.82) is 0 Å². The van der Waals surface area contributed by atoms with Crippen LogP contribution in [0.3, 0.4) is 0 Å². The number of nitrogens with one attached hydrogen (secondary N) is 1. The topological polar surface area (TPSA) is 112 Å². The highest BCUT2D eigenvalue weighted by Gasteiger charge is 2.21. The summed E-state index contributed by atoms with van der Waals surface area (Å²) >= 11 is 0. The predicted octanol–water partition coefficient (Wildman–Crippen LogP) is 2.31. The van der Waals surface area contributed by atoms with Gasteiger partial charge in [0.1, 0.15) is 5.75 Å². The van der Waals surface area contributed by atoms with Crippen molar-refractivity contribution in [1.82, 2.24) is 5.43 Å². The number of methoxy groups -OCH3 is 3. The van der Waals surface area contributed by atoms with E-state index in [0.717, 1.165) is 5.56 Å². The molecule has 0 heterocycles. The van der Waals surface area contributed by atoms with Crippen molar-refractivity contribution in [2.24, 2.45) is 5.10 Å². The summed E-state index contributed by atoms with van der Waals surface area (Å²) in [5.74, 6) is 0.713. The van der Waals surface area contributed by atoms with Crippen LogP contribution in [0.4, 0.5) is 5.69 Å². The summed E-state index contributed by atoms with van der Waals surface area (Å²) in [7, 11) is 4.35. The Morgan fingerprint density at radius 3 is 2.30 bits per heavy atom. The number of amides is 1. The summed E-state index contributed by atoms with van der Waals surface area (Å²) in [6, 6.07) is 9.69. The van der Waals surface area contributed by atoms with Gasteiger partial charge in [0.25, 0.3) is 5.69 Å². The number of hydrazone groups is 1. The zero-order chi connectivity index (χ0) is 19.8. The van der Waals surface area contributed by atoms with E-state index in [0.29, 0.717) is 11.5 Å². The number of carbonyl (C=O) groups excluding carboxylic acids is 1. The van der Waals surface area contributed by atoms with Crippen LogP contribution in [0.25, 0.3) is 0 Å². The minimum Gasteiger partial charge on any atom is -0.497 e. The van der Waals surface area contributed by atoms with E-state index in [9.17, 15) is 14.9 Å². The van der Waals surface area contributed by atoms with Gasteiger partial charge in [-0.2, -0.15) is 5.10 Å². The first-order valence-electron chi connectivity index (χ1n) is 7.83. The molecule has 1 N–H and O–H groups in total. The Labute approximate surface area is 155 Å². The smallest absolute Gasteiger partial charge is 0.277 e. The van der Waals surface area contributed by atoms with Crippen LogP contribution in [0.5, 0.6) is 17.2 Å². The molecule has 0 saturated heterocycles. The van der Waals surface area contributed by atoms with Gasteiger partial charge in [0.15, 0.2) is 11.5 Å². The molecular formula is C18H19N3O6. The fourth-order valence-corrected chi connectivity index (χ4v) is 2.30. The Morgan fingerprint density at radius 1 is 1.11 bits per heavy atom. The molecule has 2 aromatic rings. The lowest BCUT2D eigenvalue weighted by Gasteiger charge is -2.10. The van der Waals surface area contributed by atoms with Crippen LogP contribution in [0.2, 0.25) is 0 Å². The number of carbonyl (C=O) groups is 1. The molecule has 2 rings (SSSR count). The second kappa shape index (κ2) is 9.18. The summed E-state index contributed by atoms with van der Waals surface area (Å²) in [5, 5.41) is 15.1. The van der Waals surface area contributed by atoms with Crippen molar-refractivity contribution in [2.75, 3.05) is 21.3 Å². The number of hydrogen-bond acceptors (Lipinski definition) is 7. The molecule has 0 unspecified atom stereocenters. The molecule has 0 fully saturated rings. The van der Waals surface area contributed by atoms with Crippen molar-refractivity contribution in [3.05, 3.63) is 57.6 Å². The molecule has 0 aromatic heterocycles. The highest BCUT2D eigenvalue weighted by atomic mass is 16.6. The lowest BCUT2D eigenvalue weighted by Crippen LogP contribution is -2.20. The van der Waals surface area contributed by atoms with Gasteiger partial charge in [0, 0.05) is 5.56 Å². The SMILES string of the molecule is COc1ccc(/C=N\NC(=O)Cc2cc(OC)c(OC)cc2[N+](=O)[O-])cc1. The number of nitro benzene ring substituents is 1. The Bertz CT molecular complexity index is 849. The number of nitro groups is 1. The standard InChI is InChI=1S/C18H19N3O6/c1-25-14-6-4-12(5-7-14)11-19-20-18(22)9-13-8-16(26-2)17(27-3)10-15(13)21(23)24/h4-8,10-11H,9H2,1-3H3,(H,20,22)/b19-11-. The Kier molecular flexibility index (Phi) is 6.70. The number of hydrogen-bond donors (Lipinski definition) is 1. The summed E-state index contributed by atoms with van der Waals surface area (Å²) in [5.41, 5.74) is 3.06. The Morgan fingerprint density at radius 2 is 1.74 bits per heavy atom. The molecule has 0 atom stereocenters. The molecule has 0 aliphatic heterocycles. The van der Waals surface area contributed by atoms with E-state index in [1.807, 2.05) is 0 Å². The average Bonchev–Trinajstić information content (AvgIpc) is 2.67. The number of nitrogens with zero attached hydrogens (tertiary/aromatic N) is 2. The van der Waals surface area contributed by atoms with Crippen LogP contribution in [-0.4, -0.2) is 38.4 Å². The molecule has 0 aliphatic rings. The molecule has 2 aromatic carbocycles. The van der Waals surface area contributed by atoms with Gasteiger partial charge < -0.3 is 14.2 Å². The number of benzene rings is 2. The molecule has 0 saturated carbocycles. The van der Waals surface area contributed by atoms with Crippen LogP contribution in [0.15, 0.2) is 41.5 Å². The zero-order valence-electron chi connectivity index (χ0n) is 15.1. The fraction of sp³-hybridized carbons (Fsp3) is 0.222. The van der Waals surface area contributed by atoms with Crippen molar-refractivity contribution in [3.8, 4) is 17.2 Å². The van der Waals surface area contributed by atoms with Crippen molar-refractivity contribution >= 4 is 17.8 Å². The Balaban J connectivity index is 2.09. The predicted molar refractivity (Wildman–Crippen MR) is 98.6 cm³/mol. The minimum atomic E-state index is -0.578. The molecule has 9 heteroatoms. The average molecular weight is 373 g/mol. The van der Waals surface area contributed by atoms with Crippen LogP contribution >= 0.6 is 0 Å². The fourth-order valence-electron chi connectivity index (χ4n) is 2.30. The molecule has 9 nitrogen and oxygen atoms in total. The van der Waals surface area contributed by atoms with Crippen molar-refractivity contribution in [2.45, 2.75) is 6.42 Å². The molecule has 0 bridgehead atoms. The molecule has 0 radical (unpaired) electrons. The molecule has 0 spiro atoms. The van der Waals surface area contributed by atoms with Crippen LogP contribution in [0.1, 0.15) is 11.1 Å². The minimum absolute atomic E-state index is 0.190. The second-order valence-corrected chi connectivity index (χ2v) is 5.34. The summed E-state index contributed by atoms with van der Waals surface area (Å²) < 4.78 is 15.2. The normalized spacial score (nSPS) is 10.5. The third-order valence-corrected chi connectivity index (χ3v) is 3.65. The van der Waals surface area contributed by atoms with Gasteiger partial charge in [0.05, 0.1) is 45.0 Å². The van der Waals surface area contributed by atoms with E-state index < -0.39 is 10.8 Å². The van der Waals surface area contributed by atoms with Gasteiger partial charge in [-0.15, -0.1) is 0 Å². The van der Waals surface area contributed by atoms with Crippen LogP contribution < -0.4 is 19.6 Å².